The van der Waals surface area contributed by atoms with E-state index in [1.165, 1.54) is 12.1 Å². The summed E-state index contributed by atoms with van der Waals surface area (Å²) < 4.78 is 47.7. The highest BCUT2D eigenvalue weighted by molar-refractivity contribution is 7.91. The van der Waals surface area contributed by atoms with Crippen molar-refractivity contribution in [2.75, 3.05) is 17.2 Å². The summed E-state index contributed by atoms with van der Waals surface area (Å²) in [5.74, 6) is -2.39. The minimum atomic E-state index is -3.80. The highest BCUT2D eigenvalue weighted by Gasteiger charge is 2.42. The van der Waals surface area contributed by atoms with Crippen molar-refractivity contribution in [2.24, 2.45) is 5.41 Å². The molecule has 0 aromatic heterocycles. The van der Waals surface area contributed by atoms with Gasteiger partial charge in [-0.1, -0.05) is 57.7 Å². The van der Waals surface area contributed by atoms with Crippen molar-refractivity contribution in [3.8, 4) is 5.75 Å². The van der Waals surface area contributed by atoms with Crippen LogP contribution < -0.4 is 9.64 Å². The van der Waals surface area contributed by atoms with Crippen LogP contribution in [0.1, 0.15) is 52.4 Å². The largest absolute Gasteiger partial charge is 0.478 e. The van der Waals surface area contributed by atoms with Crippen molar-refractivity contribution < 1.29 is 27.4 Å². The highest BCUT2D eigenvalue weighted by atomic mass is 32.2. The lowest BCUT2D eigenvalue weighted by Crippen LogP contribution is -2.38. The standard InChI is InChI=1S/C26H32FNO5S/c1-3-5-13-26(14-6-4-2)18-28(20-10-8-7-9-11-20)22-16-21(27)23(33-15-12-25(29)30)17-24(22)34(31,32)19-26/h7-12,15-17H,3-6,13-14,18-19H2,1-2H3,(H,29,30)/b15-12+. The van der Waals surface area contributed by atoms with Crippen molar-refractivity contribution in [3.05, 3.63) is 60.6 Å². The van der Waals surface area contributed by atoms with Crippen LogP contribution in [0.3, 0.4) is 0 Å². The third kappa shape index (κ3) is 5.97. The Morgan fingerprint density at radius 3 is 2.38 bits per heavy atom. The van der Waals surface area contributed by atoms with E-state index in [1.54, 1.807) is 0 Å². The van der Waals surface area contributed by atoms with Crippen molar-refractivity contribution in [2.45, 2.75) is 57.3 Å². The highest BCUT2D eigenvalue weighted by Crippen LogP contribution is 2.46. The van der Waals surface area contributed by atoms with Crippen LogP contribution in [0.5, 0.6) is 5.75 Å². The van der Waals surface area contributed by atoms with Crippen LogP contribution in [-0.2, 0) is 14.6 Å². The van der Waals surface area contributed by atoms with Gasteiger partial charge in [-0.3, -0.25) is 0 Å². The zero-order valence-electron chi connectivity index (χ0n) is 19.7. The number of nitrogens with zero attached hydrogens (tertiary/aromatic N) is 1. The van der Waals surface area contributed by atoms with Crippen molar-refractivity contribution in [3.63, 3.8) is 0 Å². The van der Waals surface area contributed by atoms with E-state index in [9.17, 15) is 13.2 Å². The molecular weight excluding hydrogens is 457 g/mol. The van der Waals surface area contributed by atoms with E-state index in [2.05, 4.69) is 13.8 Å². The van der Waals surface area contributed by atoms with Crippen molar-refractivity contribution in [1.82, 2.24) is 0 Å². The van der Waals surface area contributed by atoms with E-state index in [4.69, 9.17) is 9.84 Å². The van der Waals surface area contributed by atoms with Crippen LogP contribution in [0.25, 0.3) is 0 Å². The topological polar surface area (TPSA) is 83.9 Å². The van der Waals surface area contributed by atoms with Gasteiger partial charge in [0.05, 0.1) is 28.7 Å². The number of halogens is 1. The Balaban J connectivity index is 2.19. The molecular formula is C26H32FNO5S. The van der Waals surface area contributed by atoms with Crippen LogP contribution in [0.2, 0.25) is 0 Å². The molecule has 0 atom stereocenters. The first-order valence-corrected chi connectivity index (χ1v) is 13.3. The summed E-state index contributed by atoms with van der Waals surface area (Å²) in [5, 5.41) is 8.77. The lowest BCUT2D eigenvalue weighted by molar-refractivity contribution is -0.131. The quantitative estimate of drug-likeness (QED) is 0.247. The predicted molar refractivity (Wildman–Crippen MR) is 131 cm³/mol. The maximum atomic E-state index is 15.0. The maximum Gasteiger partial charge on any atom is 0.331 e. The number of anilines is 2. The number of hydrogen-bond acceptors (Lipinski definition) is 5. The smallest absolute Gasteiger partial charge is 0.331 e. The molecule has 1 aliphatic rings. The first-order chi connectivity index (χ1) is 16.2. The van der Waals surface area contributed by atoms with E-state index >= 15 is 4.39 Å². The van der Waals surface area contributed by atoms with Crippen LogP contribution in [0, 0.1) is 11.2 Å². The second-order valence-corrected chi connectivity index (χ2v) is 10.9. The zero-order valence-corrected chi connectivity index (χ0v) is 20.5. The van der Waals surface area contributed by atoms with E-state index in [1.807, 2.05) is 35.2 Å². The molecule has 2 aromatic rings. The number of carboxylic acids is 1. The Morgan fingerprint density at radius 2 is 1.79 bits per heavy atom. The van der Waals surface area contributed by atoms with Gasteiger partial charge in [0.15, 0.2) is 21.4 Å². The molecule has 0 fully saturated rings. The minimum absolute atomic E-state index is 0.00801. The molecule has 184 valence electrons. The molecule has 1 aliphatic heterocycles. The summed E-state index contributed by atoms with van der Waals surface area (Å²) in [7, 11) is -3.80. The van der Waals surface area contributed by atoms with E-state index in [0.717, 1.165) is 56.6 Å². The Hall–Kier alpha value is -2.87. The van der Waals surface area contributed by atoms with Gasteiger partial charge in [0, 0.05) is 29.8 Å². The van der Waals surface area contributed by atoms with Gasteiger partial charge in [-0.05, 0) is 25.0 Å². The Bertz CT molecular complexity index is 1120. The van der Waals surface area contributed by atoms with Crippen LogP contribution in [0.15, 0.2) is 59.7 Å². The number of aliphatic carboxylic acids is 1. The third-order valence-electron chi connectivity index (χ3n) is 6.22. The molecule has 3 rings (SSSR count). The van der Waals surface area contributed by atoms with Gasteiger partial charge in [0.25, 0.3) is 0 Å². The number of ether oxygens (including phenoxy) is 1. The van der Waals surface area contributed by atoms with Gasteiger partial charge in [0.1, 0.15) is 0 Å². The van der Waals surface area contributed by atoms with E-state index in [0.29, 0.717) is 6.54 Å². The van der Waals surface area contributed by atoms with E-state index in [-0.39, 0.29) is 22.1 Å². The summed E-state index contributed by atoms with van der Waals surface area (Å²) in [6, 6.07) is 11.8. The summed E-state index contributed by atoms with van der Waals surface area (Å²) in [6.45, 7) is 4.64. The van der Waals surface area contributed by atoms with Crippen LogP contribution >= 0.6 is 0 Å². The number of unbranched alkanes of at least 4 members (excludes halogenated alkanes) is 2. The first-order valence-electron chi connectivity index (χ1n) is 11.7. The number of benzene rings is 2. The number of para-hydroxylation sites is 1. The molecule has 0 bridgehead atoms. The summed E-state index contributed by atoms with van der Waals surface area (Å²) in [5.41, 5.74) is 0.575. The van der Waals surface area contributed by atoms with Crippen LogP contribution in [-0.4, -0.2) is 31.8 Å². The molecule has 0 aliphatic carbocycles. The lowest BCUT2D eigenvalue weighted by atomic mass is 9.79. The molecule has 1 heterocycles. The molecule has 2 aromatic carbocycles. The number of carboxylic acid groups (broad SMARTS) is 1. The fraction of sp³-hybridized carbons (Fsp3) is 0.423. The third-order valence-corrected chi connectivity index (χ3v) is 8.21. The van der Waals surface area contributed by atoms with Gasteiger partial charge in [-0.15, -0.1) is 0 Å². The summed E-state index contributed by atoms with van der Waals surface area (Å²) >= 11 is 0. The SMILES string of the molecule is CCCCC1(CCCC)CN(c2ccccc2)c2cc(F)c(O/C=C/C(=O)O)cc2S(=O)(=O)C1. The van der Waals surface area contributed by atoms with Gasteiger partial charge in [-0.2, -0.15) is 0 Å². The van der Waals surface area contributed by atoms with Crippen molar-refractivity contribution >= 4 is 27.2 Å². The molecule has 0 spiro atoms. The molecule has 0 radical (unpaired) electrons. The zero-order chi connectivity index (χ0) is 24.8. The van der Waals surface area contributed by atoms with Gasteiger partial charge < -0.3 is 14.7 Å². The summed E-state index contributed by atoms with van der Waals surface area (Å²) in [6.07, 6.45) is 6.78. The Kier molecular flexibility index (Phi) is 8.36. The molecule has 0 saturated heterocycles. The van der Waals surface area contributed by atoms with E-state index < -0.39 is 27.0 Å². The molecule has 0 saturated carbocycles. The Morgan fingerprint density at radius 1 is 1.15 bits per heavy atom. The first kappa shape index (κ1) is 25.7. The van der Waals surface area contributed by atoms with Crippen LogP contribution in [0.4, 0.5) is 15.8 Å². The monoisotopic (exact) mass is 489 g/mol. The predicted octanol–water partition coefficient (Wildman–Crippen LogP) is 6.10. The van der Waals surface area contributed by atoms with Gasteiger partial charge in [-0.25, -0.2) is 17.6 Å². The number of rotatable bonds is 10. The fourth-order valence-corrected chi connectivity index (χ4v) is 6.67. The molecule has 8 heteroatoms. The molecule has 1 N–H and O–H groups in total. The number of hydrogen-bond donors (Lipinski definition) is 1. The second-order valence-electron chi connectivity index (χ2n) is 8.90. The van der Waals surface area contributed by atoms with Gasteiger partial charge >= 0.3 is 5.97 Å². The fourth-order valence-electron chi connectivity index (χ4n) is 4.56. The normalized spacial score (nSPS) is 16.7. The second kappa shape index (κ2) is 11.0. The minimum Gasteiger partial charge on any atom is -0.478 e. The van der Waals surface area contributed by atoms with Crippen molar-refractivity contribution in [1.29, 1.82) is 0 Å². The Labute approximate surface area is 201 Å². The van der Waals surface area contributed by atoms with Gasteiger partial charge in [0.2, 0.25) is 0 Å². The number of fused-ring (bicyclic) bond motifs is 1. The molecule has 34 heavy (non-hydrogen) atoms. The number of sulfone groups is 1. The molecule has 0 amide bonds. The summed E-state index contributed by atoms with van der Waals surface area (Å²) in [4.78, 5) is 12.6. The average Bonchev–Trinajstić information content (AvgIpc) is 2.89. The number of carbonyl (C=O) groups is 1. The molecule has 0 unspecified atom stereocenters. The maximum absolute atomic E-state index is 15.0. The molecule has 6 nitrogen and oxygen atoms in total. The lowest BCUT2D eigenvalue weighted by Gasteiger charge is -2.37. The average molecular weight is 490 g/mol.